The molecule has 0 radical (unpaired) electrons. The number of nitrogens with one attached hydrogen (secondary N) is 1. The van der Waals surface area contributed by atoms with E-state index in [-0.39, 0.29) is 6.09 Å². The molecule has 4 rings (SSSR count). The van der Waals surface area contributed by atoms with E-state index in [2.05, 4.69) is 26.9 Å². The van der Waals surface area contributed by atoms with E-state index in [0.717, 1.165) is 36.5 Å². The van der Waals surface area contributed by atoms with Gasteiger partial charge >= 0.3 is 6.09 Å². The monoisotopic (exact) mass is 343 g/mol. The largest absolute Gasteiger partial charge is 0.444 e. The summed E-state index contributed by atoms with van der Waals surface area (Å²) in [6.45, 7) is 8.28. The fourth-order valence-corrected chi connectivity index (χ4v) is 3.96. The summed E-state index contributed by atoms with van der Waals surface area (Å²) in [6, 6.07) is 2.01. The van der Waals surface area contributed by atoms with Gasteiger partial charge in [-0.25, -0.2) is 14.8 Å². The van der Waals surface area contributed by atoms with Crippen molar-refractivity contribution in [1.82, 2.24) is 19.9 Å². The molecule has 0 bridgehead atoms. The fraction of sp³-hybridized carbons (Fsp3) is 0.611. The maximum atomic E-state index is 12.2. The van der Waals surface area contributed by atoms with Gasteiger partial charge in [0.15, 0.2) is 0 Å². The zero-order valence-electron chi connectivity index (χ0n) is 15.2. The van der Waals surface area contributed by atoms with Crippen molar-refractivity contribution >= 4 is 22.9 Å². The molecule has 1 aliphatic heterocycles. The summed E-state index contributed by atoms with van der Waals surface area (Å²) in [5.41, 5.74) is 0.433. The topological polar surface area (TPSA) is 74.3 Å². The Morgan fingerprint density at radius 1 is 1.36 bits per heavy atom. The van der Waals surface area contributed by atoms with Crippen LogP contribution in [0.2, 0.25) is 0 Å². The van der Waals surface area contributed by atoms with Gasteiger partial charge in [-0.15, -0.1) is 0 Å². The Bertz CT molecular complexity index is 784. The molecule has 2 aliphatic rings. The van der Waals surface area contributed by atoms with Crippen LogP contribution in [0, 0.1) is 17.8 Å². The first-order chi connectivity index (χ1) is 11.8. The van der Waals surface area contributed by atoms with Crippen molar-refractivity contribution in [2.45, 2.75) is 26.4 Å². The minimum atomic E-state index is -0.432. The van der Waals surface area contributed by atoms with Crippen LogP contribution < -0.4 is 4.90 Å². The molecule has 0 spiro atoms. The lowest BCUT2D eigenvalue weighted by atomic mass is 10.2. The lowest BCUT2D eigenvalue weighted by molar-refractivity contribution is 0.0266. The predicted octanol–water partition coefficient (Wildman–Crippen LogP) is 2.51. The second kappa shape index (κ2) is 5.61. The highest BCUT2D eigenvalue weighted by atomic mass is 16.6. The van der Waals surface area contributed by atoms with E-state index < -0.39 is 5.60 Å². The number of fused-ring (bicyclic) bond motifs is 2. The fourth-order valence-electron chi connectivity index (χ4n) is 3.96. The van der Waals surface area contributed by atoms with Crippen LogP contribution in [0.3, 0.4) is 0 Å². The maximum Gasteiger partial charge on any atom is 0.410 e. The van der Waals surface area contributed by atoms with Crippen molar-refractivity contribution in [1.29, 1.82) is 0 Å². The van der Waals surface area contributed by atoms with Crippen molar-refractivity contribution in [3.05, 3.63) is 18.6 Å². The van der Waals surface area contributed by atoms with Crippen LogP contribution in [0.15, 0.2) is 18.6 Å². The standard InChI is InChI=1S/C18H25N5O2/c1-18(2,3)25-17(24)23-8-13-12(14(13)9-23)7-22(4)16-11-5-6-19-15(11)20-10-21-16/h5-6,10,12-14H,7-9H2,1-4H3,(H,19,20,21)/t12-,13-,14?/m0/s1. The number of aromatic nitrogens is 3. The van der Waals surface area contributed by atoms with Crippen LogP contribution in [0.5, 0.6) is 0 Å². The minimum absolute atomic E-state index is 0.184. The molecule has 2 aromatic heterocycles. The third-order valence-corrected chi connectivity index (χ3v) is 5.20. The first-order valence-corrected chi connectivity index (χ1v) is 8.80. The van der Waals surface area contributed by atoms with Crippen LogP contribution in [-0.2, 0) is 4.74 Å². The van der Waals surface area contributed by atoms with Gasteiger partial charge in [-0.3, -0.25) is 0 Å². The van der Waals surface area contributed by atoms with Gasteiger partial charge in [-0.1, -0.05) is 0 Å². The van der Waals surface area contributed by atoms with Crippen LogP contribution >= 0.6 is 0 Å². The normalized spacial score (nSPS) is 25.1. The Morgan fingerprint density at radius 2 is 2.08 bits per heavy atom. The molecule has 3 heterocycles. The molecule has 7 nitrogen and oxygen atoms in total. The van der Waals surface area contributed by atoms with Gasteiger partial charge in [-0.05, 0) is 44.6 Å². The highest BCUT2D eigenvalue weighted by molar-refractivity contribution is 5.87. The number of amides is 1. The molecule has 1 aliphatic carbocycles. The highest BCUT2D eigenvalue weighted by Crippen LogP contribution is 2.52. The van der Waals surface area contributed by atoms with Crippen LogP contribution in [0.4, 0.5) is 10.6 Å². The van der Waals surface area contributed by atoms with Crippen molar-refractivity contribution in [2.75, 3.05) is 31.6 Å². The molecule has 25 heavy (non-hydrogen) atoms. The molecule has 1 unspecified atom stereocenters. The van der Waals surface area contributed by atoms with Gasteiger partial charge in [0.05, 0.1) is 5.39 Å². The molecule has 7 heteroatoms. The Hall–Kier alpha value is -2.31. The van der Waals surface area contributed by atoms with Crippen LogP contribution in [0.25, 0.3) is 11.0 Å². The number of carbonyl (C=O) groups excluding carboxylic acids is 1. The van der Waals surface area contributed by atoms with E-state index in [1.165, 1.54) is 0 Å². The summed E-state index contributed by atoms with van der Waals surface area (Å²) >= 11 is 0. The molecule has 2 aromatic rings. The van der Waals surface area contributed by atoms with Gasteiger partial charge < -0.3 is 19.5 Å². The van der Waals surface area contributed by atoms with Crippen molar-refractivity contribution < 1.29 is 9.53 Å². The van der Waals surface area contributed by atoms with E-state index in [0.29, 0.717) is 17.8 Å². The third-order valence-electron chi connectivity index (χ3n) is 5.20. The first kappa shape index (κ1) is 16.2. The number of nitrogens with zero attached hydrogens (tertiary/aromatic N) is 4. The lowest BCUT2D eigenvalue weighted by Gasteiger charge is -2.26. The molecular formula is C18H25N5O2. The molecule has 3 atom stereocenters. The smallest absolute Gasteiger partial charge is 0.410 e. The van der Waals surface area contributed by atoms with E-state index in [1.807, 2.05) is 37.9 Å². The summed E-state index contributed by atoms with van der Waals surface area (Å²) in [5.74, 6) is 2.74. The Kier molecular flexibility index (Phi) is 3.63. The highest BCUT2D eigenvalue weighted by Gasteiger charge is 2.57. The number of hydrogen-bond donors (Lipinski definition) is 1. The summed E-state index contributed by atoms with van der Waals surface area (Å²) in [4.78, 5) is 28.0. The summed E-state index contributed by atoms with van der Waals surface area (Å²) in [7, 11) is 2.08. The average Bonchev–Trinajstić information content (AvgIpc) is 2.97. The summed E-state index contributed by atoms with van der Waals surface area (Å²) in [6.07, 6.45) is 3.31. The van der Waals surface area contributed by atoms with Gasteiger partial charge in [0, 0.05) is 32.9 Å². The lowest BCUT2D eigenvalue weighted by Crippen LogP contribution is -2.37. The molecular weight excluding hydrogens is 318 g/mol. The van der Waals surface area contributed by atoms with Crippen molar-refractivity contribution in [2.24, 2.45) is 17.8 Å². The Balaban J connectivity index is 1.35. The predicted molar refractivity (Wildman–Crippen MR) is 95.4 cm³/mol. The Morgan fingerprint density at radius 3 is 2.76 bits per heavy atom. The number of anilines is 1. The molecule has 1 amide bonds. The molecule has 134 valence electrons. The second-order valence-corrected chi connectivity index (χ2v) is 8.19. The number of carbonyl (C=O) groups is 1. The quantitative estimate of drug-likeness (QED) is 0.927. The SMILES string of the molecule is CN(C[C@@H]1C2CN(C(=O)OC(C)(C)C)C[C@H]21)c1ncnc2[nH]ccc12. The zero-order valence-corrected chi connectivity index (χ0v) is 15.2. The van der Waals surface area contributed by atoms with Gasteiger partial charge in [0.1, 0.15) is 23.4 Å². The second-order valence-electron chi connectivity index (χ2n) is 8.19. The van der Waals surface area contributed by atoms with Gasteiger partial charge in [0.25, 0.3) is 0 Å². The molecule has 2 fully saturated rings. The number of ether oxygens (including phenoxy) is 1. The Labute approximate surface area is 147 Å². The molecule has 1 N–H and O–H groups in total. The van der Waals surface area contributed by atoms with Crippen molar-refractivity contribution in [3.63, 3.8) is 0 Å². The number of hydrogen-bond acceptors (Lipinski definition) is 5. The van der Waals surface area contributed by atoms with Crippen LogP contribution in [-0.4, -0.2) is 58.2 Å². The maximum absolute atomic E-state index is 12.2. The number of likely N-dealkylation sites (tertiary alicyclic amines) is 1. The van der Waals surface area contributed by atoms with E-state index in [4.69, 9.17) is 4.74 Å². The molecule has 1 saturated carbocycles. The first-order valence-electron chi connectivity index (χ1n) is 8.80. The van der Waals surface area contributed by atoms with E-state index in [1.54, 1.807) is 6.33 Å². The number of aromatic amines is 1. The average molecular weight is 343 g/mol. The van der Waals surface area contributed by atoms with Crippen LogP contribution in [0.1, 0.15) is 20.8 Å². The minimum Gasteiger partial charge on any atom is -0.444 e. The number of piperidine rings is 1. The zero-order chi connectivity index (χ0) is 17.8. The molecule has 0 aromatic carbocycles. The van der Waals surface area contributed by atoms with E-state index >= 15 is 0 Å². The third kappa shape index (κ3) is 3.03. The van der Waals surface area contributed by atoms with E-state index in [9.17, 15) is 4.79 Å². The van der Waals surface area contributed by atoms with Gasteiger partial charge in [0.2, 0.25) is 0 Å². The summed E-state index contributed by atoms with van der Waals surface area (Å²) < 4.78 is 5.47. The van der Waals surface area contributed by atoms with Crippen molar-refractivity contribution in [3.8, 4) is 0 Å². The molecule has 1 saturated heterocycles. The number of H-pyrrole nitrogens is 1. The van der Waals surface area contributed by atoms with Gasteiger partial charge in [-0.2, -0.15) is 0 Å². The summed E-state index contributed by atoms with van der Waals surface area (Å²) in [5, 5.41) is 1.05. The number of rotatable bonds is 3.